The Morgan fingerprint density at radius 3 is 2.42 bits per heavy atom. The fourth-order valence-corrected chi connectivity index (χ4v) is 4.21. The van der Waals surface area contributed by atoms with Crippen LogP contribution in [-0.2, 0) is 4.79 Å². The summed E-state index contributed by atoms with van der Waals surface area (Å²) in [6.07, 6.45) is 3.65. The highest BCUT2D eigenvalue weighted by atomic mass is 16.5. The van der Waals surface area contributed by atoms with Crippen LogP contribution in [0.3, 0.4) is 0 Å². The summed E-state index contributed by atoms with van der Waals surface area (Å²) in [6.45, 7) is 8.22. The lowest BCUT2D eigenvalue weighted by Crippen LogP contribution is -2.43. The minimum absolute atomic E-state index is 0.0822. The van der Waals surface area contributed by atoms with E-state index in [-0.39, 0.29) is 18.1 Å². The number of fused-ring (bicyclic) bond motifs is 1. The fourth-order valence-electron chi connectivity index (χ4n) is 4.21. The van der Waals surface area contributed by atoms with Crippen molar-refractivity contribution in [1.29, 1.82) is 0 Å². The molecule has 9 heteroatoms. The second-order valence-corrected chi connectivity index (χ2v) is 10.3. The fraction of sp³-hybridized carbons (Fsp3) is 0.226. The zero-order valence-electron chi connectivity index (χ0n) is 23.0. The largest absolute Gasteiger partial charge is 0.494 e. The summed E-state index contributed by atoms with van der Waals surface area (Å²) >= 11 is 0. The van der Waals surface area contributed by atoms with Crippen molar-refractivity contribution in [1.82, 2.24) is 25.5 Å². The molecule has 2 aromatic heterocycles. The average molecular weight is 537 g/mol. The van der Waals surface area contributed by atoms with E-state index in [1.807, 2.05) is 101 Å². The van der Waals surface area contributed by atoms with Crippen LogP contribution in [0.1, 0.15) is 27.7 Å². The molecular formula is C31H32N6O3. The summed E-state index contributed by atoms with van der Waals surface area (Å²) in [5, 5.41) is 14.1. The zero-order chi connectivity index (χ0) is 28.1. The van der Waals surface area contributed by atoms with Crippen molar-refractivity contribution in [3.63, 3.8) is 0 Å². The molecular weight excluding hydrogens is 504 g/mol. The number of nitrogens with zero attached hydrogens (tertiary/aromatic N) is 3. The zero-order valence-corrected chi connectivity index (χ0v) is 23.0. The normalized spacial score (nSPS) is 11.3. The SMILES string of the molecule is CCOc1ccc2nc(-c3cccc(OCC(=O)NC(C)(C)C)c3)nc(Nc3ccc(-c4cn[nH]c4)cc3)c2c1. The lowest BCUT2D eigenvalue weighted by atomic mass is 10.1. The van der Waals surface area contributed by atoms with E-state index < -0.39 is 0 Å². The number of carbonyl (C=O) groups excluding carboxylic acids is 1. The summed E-state index contributed by atoms with van der Waals surface area (Å²) < 4.78 is 11.5. The Kier molecular flexibility index (Phi) is 7.63. The molecule has 0 saturated carbocycles. The molecule has 3 aromatic carbocycles. The molecule has 0 radical (unpaired) electrons. The van der Waals surface area contributed by atoms with E-state index in [1.165, 1.54) is 0 Å². The van der Waals surface area contributed by atoms with Crippen LogP contribution in [0.4, 0.5) is 11.5 Å². The van der Waals surface area contributed by atoms with E-state index in [0.29, 0.717) is 24.0 Å². The summed E-state index contributed by atoms with van der Waals surface area (Å²) in [5.41, 5.74) is 4.15. The van der Waals surface area contributed by atoms with Crippen molar-refractivity contribution in [2.75, 3.05) is 18.5 Å². The molecule has 0 aliphatic heterocycles. The van der Waals surface area contributed by atoms with Crippen LogP contribution in [0.25, 0.3) is 33.4 Å². The highest BCUT2D eigenvalue weighted by molar-refractivity contribution is 5.93. The van der Waals surface area contributed by atoms with Gasteiger partial charge in [0.15, 0.2) is 12.4 Å². The van der Waals surface area contributed by atoms with Gasteiger partial charge in [-0.1, -0.05) is 24.3 Å². The number of rotatable bonds is 9. The van der Waals surface area contributed by atoms with Gasteiger partial charge < -0.3 is 20.1 Å². The van der Waals surface area contributed by atoms with E-state index in [9.17, 15) is 4.79 Å². The average Bonchev–Trinajstić information content (AvgIpc) is 3.47. The van der Waals surface area contributed by atoms with Crippen molar-refractivity contribution < 1.29 is 14.3 Å². The minimum atomic E-state index is -0.327. The van der Waals surface area contributed by atoms with E-state index in [0.717, 1.165) is 39.0 Å². The highest BCUT2D eigenvalue weighted by Crippen LogP contribution is 2.32. The minimum Gasteiger partial charge on any atom is -0.494 e. The molecule has 2 heterocycles. The van der Waals surface area contributed by atoms with Gasteiger partial charge in [-0.05, 0) is 75.7 Å². The van der Waals surface area contributed by atoms with Gasteiger partial charge in [-0.15, -0.1) is 0 Å². The molecule has 0 aliphatic rings. The van der Waals surface area contributed by atoms with Crippen LogP contribution >= 0.6 is 0 Å². The number of amides is 1. The maximum absolute atomic E-state index is 12.2. The third-order valence-electron chi connectivity index (χ3n) is 5.93. The first-order chi connectivity index (χ1) is 19.3. The Labute approximate surface area is 233 Å². The molecule has 0 spiro atoms. The Balaban J connectivity index is 1.46. The lowest BCUT2D eigenvalue weighted by Gasteiger charge is -2.20. The van der Waals surface area contributed by atoms with Gasteiger partial charge in [0.05, 0.1) is 18.3 Å². The molecule has 0 unspecified atom stereocenters. The molecule has 9 nitrogen and oxygen atoms in total. The van der Waals surface area contributed by atoms with Gasteiger partial charge in [-0.3, -0.25) is 9.89 Å². The number of hydrogen-bond donors (Lipinski definition) is 3. The molecule has 0 aliphatic carbocycles. The van der Waals surface area contributed by atoms with E-state index in [2.05, 4.69) is 20.8 Å². The van der Waals surface area contributed by atoms with Gasteiger partial charge in [-0.2, -0.15) is 5.10 Å². The van der Waals surface area contributed by atoms with E-state index in [1.54, 1.807) is 6.20 Å². The molecule has 3 N–H and O–H groups in total. The molecule has 0 fully saturated rings. The molecule has 204 valence electrons. The van der Waals surface area contributed by atoms with E-state index >= 15 is 0 Å². The molecule has 1 amide bonds. The monoisotopic (exact) mass is 536 g/mol. The molecule has 5 aromatic rings. The summed E-state index contributed by atoms with van der Waals surface area (Å²) in [5.74, 6) is 2.29. The number of hydrogen-bond acceptors (Lipinski definition) is 7. The molecule has 0 bridgehead atoms. The van der Waals surface area contributed by atoms with Gasteiger partial charge in [0.2, 0.25) is 0 Å². The van der Waals surface area contributed by atoms with Crippen molar-refractivity contribution in [2.24, 2.45) is 0 Å². The lowest BCUT2D eigenvalue weighted by molar-refractivity contribution is -0.124. The Bertz CT molecular complexity index is 1610. The van der Waals surface area contributed by atoms with Crippen molar-refractivity contribution in [3.05, 3.63) is 79.1 Å². The number of H-pyrrole nitrogens is 1. The third-order valence-corrected chi connectivity index (χ3v) is 5.93. The van der Waals surface area contributed by atoms with Crippen LogP contribution in [0.5, 0.6) is 11.5 Å². The number of benzene rings is 3. The summed E-state index contributed by atoms with van der Waals surface area (Å²) in [6, 6.07) is 21.3. The first-order valence-corrected chi connectivity index (χ1v) is 13.1. The predicted molar refractivity (Wildman–Crippen MR) is 157 cm³/mol. The quantitative estimate of drug-likeness (QED) is 0.208. The van der Waals surface area contributed by atoms with Crippen LogP contribution in [0.2, 0.25) is 0 Å². The number of nitrogens with one attached hydrogen (secondary N) is 3. The first-order valence-electron chi connectivity index (χ1n) is 13.1. The van der Waals surface area contributed by atoms with Crippen molar-refractivity contribution in [3.8, 4) is 34.0 Å². The van der Waals surface area contributed by atoms with Crippen molar-refractivity contribution >= 4 is 28.3 Å². The Hall–Kier alpha value is -4.92. The molecule has 5 rings (SSSR count). The first kappa shape index (κ1) is 26.7. The van der Waals surface area contributed by atoms with Crippen molar-refractivity contribution in [2.45, 2.75) is 33.2 Å². The predicted octanol–water partition coefficient (Wildman–Crippen LogP) is 6.12. The summed E-state index contributed by atoms with van der Waals surface area (Å²) in [4.78, 5) is 22.0. The number of ether oxygens (including phenoxy) is 2. The third kappa shape index (κ3) is 6.55. The second kappa shape index (κ2) is 11.4. The van der Waals surface area contributed by atoms with Crippen LogP contribution in [-0.4, -0.2) is 44.8 Å². The maximum atomic E-state index is 12.2. The number of carbonyl (C=O) groups is 1. The Morgan fingerprint density at radius 1 is 0.900 bits per heavy atom. The number of aromatic amines is 1. The van der Waals surface area contributed by atoms with Gasteiger partial charge in [0.1, 0.15) is 17.3 Å². The number of anilines is 2. The van der Waals surface area contributed by atoms with Gasteiger partial charge >= 0.3 is 0 Å². The summed E-state index contributed by atoms with van der Waals surface area (Å²) in [7, 11) is 0. The van der Waals surface area contributed by atoms with Crippen LogP contribution in [0.15, 0.2) is 79.1 Å². The van der Waals surface area contributed by atoms with E-state index in [4.69, 9.17) is 19.4 Å². The highest BCUT2D eigenvalue weighted by Gasteiger charge is 2.15. The molecule has 40 heavy (non-hydrogen) atoms. The Morgan fingerprint density at radius 2 is 1.70 bits per heavy atom. The second-order valence-electron chi connectivity index (χ2n) is 10.3. The molecule has 0 atom stereocenters. The topological polar surface area (TPSA) is 114 Å². The number of aromatic nitrogens is 4. The van der Waals surface area contributed by atoms with Gasteiger partial charge in [0, 0.05) is 33.9 Å². The van der Waals surface area contributed by atoms with Gasteiger partial charge in [0.25, 0.3) is 5.91 Å². The maximum Gasteiger partial charge on any atom is 0.258 e. The van der Waals surface area contributed by atoms with Crippen LogP contribution in [0, 0.1) is 0 Å². The van der Waals surface area contributed by atoms with Gasteiger partial charge in [-0.25, -0.2) is 9.97 Å². The smallest absolute Gasteiger partial charge is 0.258 e. The standard InChI is InChI=1S/C31H32N6O3/c1-5-39-25-13-14-27-26(16-25)30(34-23-11-9-20(10-12-23)22-17-32-33-18-22)36-29(35-27)21-7-6-8-24(15-21)40-19-28(38)37-31(2,3)4/h6-18H,5,19H2,1-4H3,(H,32,33)(H,37,38)(H,34,35,36). The van der Waals surface area contributed by atoms with Crippen LogP contribution < -0.4 is 20.1 Å². The molecule has 0 saturated heterocycles.